The highest BCUT2D eigenvalue weighted by atomic mass is 16.5. The lowest BCUT2D eigenvalue weighted by Gasteiger charge is -2.28. The molecule has 0 radical (unpaired) electrons. The first-order valence-corrected chi connectivity index (χ1v) is 9.97. The maximum Gasteiger partial charge on any atom is 0.355 e. The number of para-hydroxylation sites is 1. The van der Waals surface area contributed by atoms with Crippen molar-refractivity contribution < 1.29 is 19.0 Å². The van der Waals surface area contributed by atoms with Crippen LogP contribution in [0.15, 0.2) is 72.8 Å². The molecule has 0 saturated heterocycles. The first-order chi connectivity index (χ1) is 14.3. The van der Waals surface area contributed by atoms with Gasteiger partial charge in [0.2, 0.25) is 0 Å². The van der Waals surface area contributed by atoms with Crippen LogP contribution in [-0.2, 0) is 20.8 Å². The van der Waals surface area contributed by atoms with E-state index < -0.39 is 0 Å². The molecular formula is C24H25NO4. The number of hydrogen-bond acceptors (Lipinski definition) is 4. The maximum absolute atomic E-state index is 12.5. The molecule has 1 aliphatic rings. The number of rotatable bonds is 7. The van der Waals surface area contributed by atoms with E-state index in [1.54, 1.807) is 0 Å². The van der Waals surface area contributed by atoms with E-state index in [0.717, 1.165) is 22.9 Å². The fourth-order valence-corrected chi connectivity index (χ4v) is 3.59. The van der Waals surface area contributed by atoms with E-state index >= 15 is 0 Å². The second-order valence-corrected chi connectivity index (χ2v) is 6.99. The van der Waals surface area contributed by atoms with Gasteiger partial charge in [-0.3, -0.25) is 0 Å². The molecule has 0 bridgehead atoms. The Labute approximate surface area is 170 Å². The minimum absolute atomic E-state index is 0.0788. The van der Waals surface area contributed by atoms with Crippen molar-refractivity contribution in [3.63, 3.8) is 0 Å². The van der Waals surface area contributed by atoms with Gasteiger partial charge in [-0.25, -0.2) is 4.79 Å². The van der Waals surface area contributed by atoms with Crippen molar-refractivity contribution >= 4 is 16.9 Å². The van der Waals surface area contributed by atoms with Gasteiger partial charge in [-0.15, -0.1) is 0 Å². The Morgan fingerprint density at radius 2 is 1.93 bits per heavy atom. The Morgan fingerprint density at radius 1 is 1.14 bits per heavy atom. The van der Waals surface area contributed by atoms with E-state index in [2.05, 4.69) is 6.08 Å². The van der Waals surface area contributed by atoms with Gasteiger partial charge < -0.3 is 18.8 Å². The third-order valence-corrected chi connectivity index (χ3v) is 4.93. The molecule has 2 atom stereocenters. The average Bonchev–Trinajstić information content (AvgIpc) is 3.15. The van der Waals surface area contributed by atoms with Gasteiger partial charge in [0.05, 0.1) is 31.4 Å². The molecule has 0 aliphatic carbocycles. The summed E-state index contributed by atoms with van der Waals surface area (Å²) in [7, 11) is 0. The number of benzene rings is 2. The van der Waals surface area contributed by atoms with Crippen LogP contribution in [0.25, 0.3) is 10.9 Å². The average molecular weight is 391 g/mol. The van der Waals surface area contributed by atoms with Gasteiger partial charge >= 0.3 is 5.97 Å². The topological polar surface area (TPSA) is 49.7 Å². The second kappa shape index (κ2) is 9.07. The van der Waals surface area contributed by atoms with Crippen molar-refractivity contribution in [1.29, 1.82) is 0 Å². The molecule has 5 nitrogen and oxygen atoms in total. The fourth-order valence-electron chi connectivity index (χ4n) is 3.59. The van der Waals surface area contributed by atoms with Crippen LogP contribution < -0.4 is 0 Å². The molecule has 0 unspecified atom stereocenters. The molecule has 3 aromatic rings. The molecule has 1 aliphatic heterocycles. The van der Waals surface area contributed by atoms with E-state index in [1.807, 2.05) is 78.2 Å². The van der Waals surface area contributed by atoms with E-state index in [1.165, 1.54) is 0 Å². The molecule has 0 spiro atoms. The van der Waals surface area contributed by atoms with Crippen molar-refractivity contribution in [2.24, 2.45) is 0 Å². The van der Waals surface area contributed by atoms with E-state index in [0.29, 0.717) is 25.5 Å². The third kappa shape index (κ3) is 4.42. The lowest BCUT2D eigenvalue weighted by molar-refractivity contribution is -0.0742. The number of hydrogen-bond donors (Lipinski definition) is 0. The zero-order chi connectivity index (χ0) is 20.1. The van der Waals surface area contributed by atoms with E-state index in [4.69, 9.17) is 14.2 Å². The lowest BCUT2D eigenvalue weighted by atomic mass is 10.2. The number of carbonyl (C=O) groups excluding carboxylic acids is 1. The summed E-state index contributed by atoms with van der Waals surface area (Å²) in [5, 5.41) is 0.981. The summed E-state index contributed by atoms with van der Waals surface area (Å²) in [6, 6.07) is 19.8. The number of ether oxygens (including phenoxy) is 3. The second-order valence-electron chi connectivity index (χ2n) is 6.99. The molecule has 0 saturated carbocycles. The van der Waals surface area contributed by atoms with Gasteiger partial charge in [0, 0.05) is 5.39 Å². The van der Waals surface area contributed by atoms with Gasteiger partial charge in [0.15, 0.2) is 6.23 Å². The van der Waals surface area contributed by atoms with Crippen molar-refractivity contribution in [3.8, 4) is 0 Å². The van der Waals surface area contributed by atoms with Crippen LogP contribution in [0.3, 0.4) is 0 Å². The maximum atomic E-state index is 12.5. The largest absolute Gasteiger partial charge is 0.461 e. The molecule has 5 heteroatoms. The van der Waals surface area contributed by atoms with Crippen LogP contribution in [0.1, 0.15) is 35.6 Å². The van der Waals surface area contributed by atoms with Crippen molar-refractivity contribution in [2.75, 3.05) is 13.2 Å². The van der Waals surface area contributed by atoms with Crippen LogP contribution in [0.5, 0.6) is 0 Å². The quantitative estimate of drug-likeness (QED) is 0.426. The molecule has 0 fully saturated rings. The minimum Gasteiger partial charge on any atom is -0.461 e. The smallest absolute Gasteiger partial charge is 0.355 e. The zero-order valence-electron chi connectivity index (χ0n) is 16.5. The molecule has 150 valence electrons. The Kier molecular flexibility index (Phi) is 6.08. The highest BCUT2D eigenvalue weighted by Gasteiger charge is 2.26. The van der Waals surface area contributed by atoms with Crippen LogP contribution in [0.4, 0.5) is 0 Å². The van der Waals surface area contributed by atoms with Gasteiger partial charge in [0.25, 0.3) is 0 Å². The first kappa shape index (κ1) is 19.4. The number of nitrogens with zero attached hydrogens (tertiary/aromatic N) is 1. The monoisotopic (exact) mass is 391 g/mol. The number of esters is 1. The molecule has 0 amide bonds. The Balaban J connectivity index is 1.51. The Bertz CT molecular complexity index is 993. The molecule has 2 aromatic carbocycles. The van der Waals surface area contributed by atoms with Crippen molar-refractivity contribution in [2.45, 2.75) is 32.3 Å². The SMILES string of the molecule is CCOC(=O)c1cc2ccccc2n1[C@@H]1C=CC[C@@H](COCc2ccccc2)O1. The predicted octanol–water partition coefficient (Wildman–Crippen LogP) is 4.88. The normalized spacial score (nSPS) is 18.8. The third-order valence-electron chi connectivity index (χ3n) is 4.93. The molecule has 4 rings (SSSR count). The zero-order valence-corrected chi connectivity index (χ0v) is 16.5. The summed E-state index contributed by atoms with van der Waals surface area (Å²) < 4.78 is 19.3. The van der Waals surface area contributed by atoms with Crippen LogP contribution in [0.2, 0.25) is 0 Å². The summed E-state index contributed by atoms with van der Waals surface area (Å²) in [6.45, 7) is 3.18. The summed E-state index contributed by atoms with van der Waals surface area (Å²) >= 11 is 0. The highest BCUT2D eigenvalue weighted by Crippen LogP contribution is 2.30. The first-order valence-electron chi connectivity index (χ1n) is 9.97. The summed E-state index contributed by atoms with van der Waals surface area (Å²) in [6.07, 6.45) is 4.40. The summed E-state index contributed by atoms with van der Waals surface area (Å²) in [5.74, 6) is -0.344. The van der Waals surface area contributed by atoms with Crippen LogP contribution in [0, 0.1) is 0 Å². The lowest BCUT2D eigenvalue weighted by Crippen LogP contribution is -2.28. The van der Waals surface area contributed by atoms with Crippen molar-refractivity contribution in [3.05, 3.63) is 84.1 Å². The Hall–Kier alpha value is -2.89. The molecule has 1 aromatic heterocycles. The molecule has 29 heavy (non-hydrogen) atoms. The Morgan fingerprint density at radius 3 is 2.76 bits per heavy atom. The number of carbonyl (C=O) groups is 1. The van der Waals surface area contributed by atoms with Gasteiger partial charge in [-0.2, -0.15) is 0 Å². The van der Waals surface area contributed by atoms with Crippen LogP contribution in [-0.4, -0.2) is 29.9 Å². The summed E-state index contributed by atoms with van der Waals surface area (Å²) in [5.41, 5.74) is 2.57. The fraction of sp³-hybridized carbons (Fsp3) is 0.292. The van der Waals surface area contributed by atoms with Crippen LogP contribution >= 0.6 is 0 Å². The molecular weight excluding hydrogens is 366 g/mol. The van der Waals surface area contributed by atoms with Gasteiger partial charge in [-0.05, 0) is 37.1 Å². The molecule has 2 heterocycles. The number of aromatic nitrogens is 1. The van der Waals surface area contributed by atoms with Gasteiger partial charge in [-0.1, -0.05) is 54.6 Å². The number of fused-ring (bicyclic) bond motifs is 1. The standard InChI is InChI=1S/C24H25NO4/c1-2-28-24(26)22-15-19-11-6-7-13-21(19)25(22)23-14-8-12-20(29-23)17-27-16-18-9-4-3-5-10-18/h3-11,13-15,20,23H,2,12,16-17H2,1H3/t20-,23-/m0/s1. The summed E-state index contributed by atoms with van der Waals surface area (Å²) in [4.78, 5) is 12.5. The van der Waals surface area contributed by atoms with E-state index in [-0.39, 0.29) is 18.3 Å². The highest BCUT2D eigenvalue weighted by molar-refractivity contribution is 5.95. The van der Waals surface area contributed by atoms with Gasteiger partial charge in [0.1, 0.15) is 5.69 Å². The minimum atomic E-state index is -0.381. The van der Waals surface area contributed by atoms with Crippen molar-refractivity contribution in [1.82, 2.24) is 4.57 Å². The predicted molar refractivity (Wildman–Crippen MR) is 112 cm³/mol. The van der Waals surface area contributed by atoms with E-state index in [9.17, 15) is 4.79 Å². The molecule has 0 N–H and O–H groups in total.